The Kier molecular flexibility index (Phi) is 7.11. The van der Waals surface area contributed by atoms with Gasteiger partial charge in [-0.15, -0.1) is 11.3 Å². The Bertz CT molecular complexity index is 863. The largest absolute Gasteiger partial charge is 0.497 e. The maximum absolute atomic E-state index is 12.7. The lowest BCUT2D eigenvalue weighted by atomic mass is 10.1. The van der Waals surface area contributed by atoms with Crippen molar-refractivity contribution in [2.75, 3.05) is 32.7 Å². The molecule has 0 spiro atoms. The van der Waals surface area contributed by atoms with Gasteiger partial charge >= 0.3 is 5.97 Å². The maximum atomic E-state index is 12.7. The molecule has 8 heteroatoms. The van der Waals surface area contributed by atoms with E-state index in [0.29, 0.717) is 29.8 Å². The Labute approximate surface area is 174 Å². The summed E-state index contributed by atoms with van der Waals surface area (Å²) in [7, 11) is 3.26. The van der Waals surface area contributed by atoms with Crippen LogP contribution in [0.15, 0.2) is 29.6 Å². The lowest BCUT2D eigenvalue weighted by molar-refractivity contribution is -0.117. The van der Waals surface area contributed by atoms with Gasteiger partial charge in [0.2, 0.25) is 5.91 Å². The molecule has 29 heavy (non-hydrogen) atoms. The predicted octanol–water partition coefficient (Wildman–Crippen LogP) is 3.55. The van der Waals surface area contributed by atoms with Crippen molar-refractivity contribution in [3.63, 3.8) is 0 Å². The monoisotopic (exact) mass is 418 g/mol. The van der Waals surface area contributed by atoms with Crippen molar-refractivity contribution < 1.29 is 23.8 Å². The van der Waals surface area contributed by atoms with Crippen molar-refractivity contribution in [1.82, 2.24) is 4.90 Å². The number of esters is 1. The molecular formula is C21H26N2O5S. The van der Waals surface area contributed by atoms with E-state index in [1.807, 2.05) is 18.2 Å². The number of hydrogen-bond donors (Lipinski definition) is 1. The molecule has 1 N–H and O–H groups in total. The fraction of sp³-hybridized carbons (Fsp3) is 0.429. The predicted molar refractivity (Wildman–Crippen MR) is 112 cm³/mol. The third-order valence-electron chi connectivity index (χ3n) is 4.68. The van der Waals surface area contributed by atoms with Crippen molar-refractivity contribution in [2.45, 2.75) is 32.4 Å². The Morgan fingerprint density at radius 3 is 2.66 bits per heavy atom. The Hall–Kier alpha value is -2.58. The number of benzene rings is 1. The van der Waals surface area contributed by atoms with Crippen molar-refractivity contribution >= 4 is 28.2 Å². The molecule has 0 radical (unpaired) electrons. The van der Waals surface area contributed by atoms with Crippen LogP contribution in [0.1, 0.15) is 35.7 Å². The van der Waals surface area contributed by atoms with Crippen LogP contribution in [0.2, 0.25) is 0 Å². The van der Waals surface area contributed by atoms with E-state index in [1.54, 1.807) is 32.6 Å². The summed E-state index contributed by atoms with van der Waals surface area (Å²) in [5.41, 5.74) is 1.35. The van der Waals surface area contributed by atoms with E-state index in [0.717, 1.165) is 29.9 Å². The van der Waals surface area contributed by atoms with E-state index >= 15 is 0 Å². The summed E-state index contributed by atoms with van der Waals surface area (Å²) in [6.45, 7) is 2.85. The molecule has 7 nitrogen and oxygen atoms in total. The normalized spacial score (nSPS) is 13.2. The molecule has 0 aliphatic heterocycles. The van der Waals surface area contributed by atoms with Gasteiger partial charge in [-0.3, -0.25) is 9.69 Å². The van der Waals surface area contributed by atoms with E-state index in [2.05, 4.69) is 10.2 Å². The van der Waals surface area contributed by atoms with Crippen LogP contribution >= 0.6 is 11.3 Å². The molecule has 0 atom stereocenters. The van der Waals surface area contributed by atoms with Crippen molar-refractivity contribution in [3.8, 4) is 11.5 Å². The second-order valence-corrected chi connectivity index (χ2v) is 7.66. The van der Waals surface area contributed by atoms with E-state index in [-0.39, 0.29) is 12.5 Å². The van der Waals surface area contributed by atoms with Gasteiger partial charge in [0.1, 0.15) is 16.5 Å². The van der Waals surface area contributed by atoms with Crippen molar-refractivity contribution in [1.29, 1.82) is 0 Å². The van der Waals surface area contributed by atoms with E-state index in [4.69, 9.17) is 14.2 Å². The zero-order chi connectivity index (χ0) is 20.8. The highest BCUT2D eigenvalue weighted by molar-refractivity contribution is 7.14. The molecule has 1 aromatic heterocycles. The number of nitrogens with zero attached hydrogens (tertiary/aromatic N) is 1. The Balaban J connectivity index is 1.68. The highest BCUT2D eigenvalue weighted by Crippen LogP contribution is 2.32. The number of carbonyl (C=O) groups excluding carboxylic acids is 2. The van der Waals surface area contributed by atoms with Crippen LogP contribution in [0.4, 0.5) is 5.00 Å². The molecule has 156 valence electrons. The molecule has 1 amide bonds. The second kappa shape index (κ2) is 9.76. The van der Waals surface area contributed by atoms with Crippen LogP contribution < -0.4 is 14.8 Å². The fourth-order valence-corrected chi connectivity index (χ4v) is 3.90. The first-order valence-corrected chi connectivity index (χ1v) is 10.4. The van der Waals surface area contributed by atoms with E-state index < -0.39 is 5.97 Å². The minimum absolute atomic E-state index is 0.160. The molecule has 1 aromatic carbocycles. The van der Waals surface area contributed by atoms with Gasteiger partial charge in [-0.25, -0.2) is 4.79 Å². The van der Waals surface area contributed by atoms with Gasteiger partial charge in [-0.05, 0) is 49.4 Å². The molecular weight excluding hydrogens is 392 g/mol. The molecule has 1 heterocycles. The summed E-state index contributed by atoms with van der Waals surface area (Å²) in [5.74, 6) is 0.925. The summed E-state index contributed by atoms with van der Waals surface area (Å²) in [4.78, 5) is 26.8. The molecule has 0 saturated heterocycles. The van der Waals surface area contributed by atoms with Crippen LogP contribution in [0.3, 0.4) is 0 Å². The third-order valence-corrected chi connectivity index (χ3v) is 5.51. The third kappa shape index (κ3) is 5.48. The summed E-state index contributed by atoms with van der Waals surface area (Å²) in [6, 6.07) is 7.69. The highest BCUT2D eigenvalue weighted by Gasteiger charge is 2.31. The van der Waals surface area contributed by atoms with Crippen LogP contribution in [0.25, 0.3) is 0 Å². The number of hydrogen-bond acceptors (Lipinski definition) is 7. The standard InChI is InChI=1S/C21H26N2O5S/c1-4-28-21(25)17-9-10-29-20(17)22-19(24)13-23(15-5-6-15)12-14-11-16(26-2)7-8-18(14)27-3/h7-11,15H,4-6,12-13H2,1-3H3,(H,22,24). The zero-order valence-electron chi connectivity index (χ0n) is 16.9. The lowest BCUT2D eigenvalue weighted by Crippen LogP contribution is -2.34. The molecule has 2 aromatic rings. The topological polar surface area (TPSA) is 77.1 Å². The number of ether oxygens (including phenoxy) is 3. The van der Waals surface area contributed by atoms with Gasteiger partial charge < -0.3 is 19.5 Å². The number of methoxy groups -OCH3 is 2. The average Bonchev–Trinajstić information content (AvgIpc) is 3.46. The van der Waals surface area contributed by atoms with E-state index in [1.165, 1.54) is 11.3 Å². The average molecular weight is 419 g/mol. The quantitative estimate of drug-likeness (QED) is 0.595. The van der Waals surface area contributed by atoms with Gasteiger partial charge in [0.25, 0.3) is 0 Å². The summed E-state index contributed by atoms with van der Waals surface area (Å²) >= 11 is 1.31. The number of nitrogens with one attached hydrogen (secondary N) is 1. The first kappa shape index (κ1) is 21.1. The molecule has 1 aliphatic rings. The summed E-state index contributed by atoms with van der Waals surface area (Å²) in [6.07, 6.45) is 2.12. The van der Waals surface area contributed by atoms with Gasteiger partial charge in [-0.2, -0.15) is 0 Å². The van der Waals surface area contributed by atoms with Gasteiger partial charge in [0.05, 0.1) is 32.9 Å². The van der Waals surface area contributed by atoms with Crippen molar-refractivity contribution in [2.24, 2.45) is 0 Å². The van der Waals surface area contributed by atoms with Gasteiger partial charge in [0.15, 0.2) is 0 Å². The SMILES string of the molecule is CCOC(=O)c1ccsc1NC(=O)CN(Cc1cc(OC)ccc1OC)C1CC1. The minimum atomic E-state index is -0.427. The number of rotatable bonds is 10. The summed E-state index contributed by atoms with van der Waals surface area (Å²) in [5, 5.41) is 5.14. The zero-order valence-corrected chi connectivity index (χ0v) is 17.7. The molecule has 0 bridgehead atoms. The molecule has 1 saturated carbocycles. The Morgan fingerprint density at radius 2 is 2.00 bits per heavy atom. The Morgan fingerprint density at radius 1 is 1.21 bits per heavy atom. The smallest absolute Gasteiger partial charge is 0.341 e. The first-order valence-electron chi connectivity index (χ1n) is 9.55. The molecule has 1 fully saturated rings. The van der Waals surface area contributed by atoms with Gasteiger partial charge in [-0.1, -0.05) is 0 Å². The lowest BCUT2D eigenvalue weighted by Gasteiger charge is -2.23. The van der Waals surface area contributed by atoms with Crippen molar-refractivity contribution in [3.05, 3.63) is 40.8 Å². The molecule has 1 aliphatic carbocycles. The number of thiophene rings is 1. The molecule has 3 rings (SSSR count). The number of anilines is 1. The van der Waals surface area contributed by atoms with E-state index in [9.17, 15) is 9.59 Å². The number of carbonyl (C=O) groups is 2. The fourth-order valence-electron chi connectivity index (χ4n) is 3.10. The highest BCUT2D eigenvalue weighted by atomic mass is 32.1. The van der Waals surface area contributed by atoms with Gasteiger partial charge in [0, 0.05) is 18.2 Å². The second-order valence-electron chi connectivity index (χ2n) is 6.75. The minimum Gasteiger partial charge on any atom is -0.497 e. The summed E-state index contributed by atoms with van der Waals surface area (Å²) < 4.78 is 15.8. The van der Waals surface area contributed by atoms with Crippen LogP contribution in [0, 0.1) is 0 Å². The van der Waals surface area contributed by atoms with Crippen LogP contribution in [0.5, 0.6) is 11.5 Å². The number of amides is 1. The molecule has 0 unspecified atom stereocenters. The van der Waals surface area contributed by atoms with Crippen LogP contribution in [-0.2, 0) is 16.1 Å². The first-order chi connectivity index (χ1) is 14.0. The van der Waals surface area contributed by atoms with Crippen LogP contribution in [-0.4, -0.2) is 50.2 Å². The maximum Gasteiger partial charge on any atom is 0.341 e.